The largest absolute Gasteiger partial charge is 0.480 e. The van der Waals surface area contributed by atoms with Crippen molar-refractivity contribution >= 4 is 5.97 Å². The average Bonchev–Trinajstić information content (AvgIpc) is 3.15. The van der Waals surface area contributed by atoms with Gasteiger partial charge in [0.25, 0.3) is 0 Å². The maximum atomic E-state index is 11.8. The molecular formula is C14H24N2O3. The normalized spacial score (nSPS) is 34.2. The number of likely N-dealkylation sites (tertiary alicyclic amines) is 1. The van der Waals surface area contributed by atoms with Gasteiger partial charge >= 0.3 is 5.97 Å². The zero-order valence-corrected chi connectivity index (χ0v) is 11.6. The number of nitrogens with one attached hydrogen (secondary N) is 1. The van der Waals surface area contributed by atoms with E-state index in [0.29, 0.717) is 31.2 Å². The van der Waals surface area contributed by atoms with E-state index in [0.717, 1.165) is 38.8 Å². The Hall–Kier alpha value is -0.650. The summed E-state index contributed by atoms with van der Waals surface area (Å²) >= 11 is 0. The minimum Gasteiger partial charge on any atom is -0.480 e. The van der Waals surface area contributed by atoms with Crippen LogP contribution >= 0.6 is 0 Å². The quantitative estimate of drug-likeness (QED) is 0.742. The summed E-state index contributed by atoms with van der Waals surface area (Å²) < 4.78 is 5.83. The predicted molar refractivity (Wildman–Crippen MR) is 71.1 cm³/mol. The molecule has 2 heterocycles. The zero-order valence-electron chi connectivity index (χ0n) is 11.6. The second kappa shape index (κ2) is 5.04. The van der Waals surface area contributed by atoms with Gasteiger partial charge in [-0.2, -0.15) is 0 Å². The number of morpholine rings is 1. The number of rotatable bonds is 6. The molecule has 2 aliphatic heterocycles. The Bertz CT molecular complexity index is 347. The van der Waals surface area contributed by atoms with E-state index in [1.165, 1.54) is 0 Å². The van der Waals surface area contributed by atoms with Crippen molar-refractivity contribution in [2.45, 2.75) is 50.4 Å². The van der Waals surface area contributed by atoms with Crippen molar-refractivity contribution in [3.63, 3.8) is 0 Å². The number of fused-ring (bicyclic) bond motifs is 2. The van der Waals surface area contributed by atoms with Gasteiger partial charge in [-0.3, -0.25) is 9.69 Å². The van der Waals surface area contributed by atoms with Crippen molar-refractivity contribution in [2.75, 3.05) is 26.2 Å². The van der Waals surface area contributed by atoms with E-state index in [4.69, 9.17) is 4.74 Å². The molecule has 1 aliphatic carbocycles. The van der Waals surface area contributed by atoms with Crippen LogP contribution in [0.15, 0.2) is 0 Å². The molecule has 5 heteroatoms. The summed E-state index contributed by atoms with van der Waals surface area (Å²) in [7, 11) is 0. The Morgan fingerprint density at radius 2 is 1.95 bits per heavy atom. The second-order valence-corrected chi connectivity index (χ2v) is 6.23. The molecule has 0 aromatic heterocycles. The highest BCUT2D eigenvalue weighted by Gasteiger charge is 2.52. The monoisotopic (exact) mass is 268 g/mol. The van der Waals surface area contributed by atoms with Crippen LogP contribution in [0.2, 0.25) is 0 Å². The molecule has 19 heavy (non-hydrogen) atoms. The van der Waals surface area contributed by atoms with Crippen molar-refractivity contribution in [1.82, 2.24) is 10.2 Å². The molecule has 1 saturated carbocycles. The van der Waals surface area contributed by atoms with Crippen LogP contribution in [0.4, 0.5) is 0 Å². The number of carboxylic acids is 1. The van der Waals surface area contributed by atoms with Gasteiger partial charge in [-0.05, 0) is 38.1 Å². The molecule has 2 bridgehead atoms. The number of hydrogen-bond donors (Lipinski definition) is 2. The van der Waals surface area contributed by atoms with E-state index in [1.807, 2.05) is 6.92 Å². The van der Waals surface area contributed by atoms with Crippen molar-refractivity contribution in [2.24, 2.45) is 5.92 Å². The lowest BCUT2D eigenvalue weighted by molar-refractivity contribution is -0.148. The topological polar surface area (TPSA) is 61.8 Å². The molecule has 0 aromatic rings. The second-order valence-electron chi connectivity index (χ2n) is 6.23. The number of hydrogen-bond acceptors (Lipinski definition) is 4. The summed E-state index contributed by atoms with van der Waals surface area (Å²) in [4.78, 5) is 14.1. The van der Waals surface area contributed by atoms with Crippen LogP contribution in [0.5, 0.6) is 0 Å². The van der Waals surface area contributed by atoms with E-state index < -0.39 is 11.5 Å². The van der Waals surface area contributed by atoms with Crippen molar-refractivity contribution < 1.29 is 14.6 Å². The van der Waals surface area contributed by atoms with Gasteiger partial charge in [0.15, 0.2) is 0 Å². The molecule has 3 aliphatic rings. The van der Waals surface area contributed by atoms with E-state index in [9.17, 15) is 9.90 Å². The fourth-order valence-corrected chi connectivity index (χ4v) is 3.72. The van der Waals surface area contributed by atoms with Gasteiger partial charge in [0, 0.05) is 19.6 Å². The van der Waals surface area contributed by atoms with Gasteiger partial charge in [0.1, 0.15) is 5.54 Å². The molecule has 3 unspecified atom stereocenters. The van der Waals surface area contributed by atoms with E-state index >= 15 is 0 Å². The Morgan fingerprint density at radius 3 is 2.42 bits per heavy atom. The summed E-state index contributed by atoms with van der Waals surface area (Å²) in [6.07, 6.45) is 4.99. The van der Waals surface area contributed by atoms with Gasteiger partial charge in [-0.1, -0.05) is 6.92 Å². The number of carboxylic acid groups (broad SMARTS) is 1. The zero-order chi connectivity index (χ0) is 13.5. The number of nitrogens with zero attached hydrogens (tertiary/aromatic N) is 1. The highest BCUT2D eigenvalue weighted by atomic mass is 16.5. The van der Waals surface area contributed by atoms with Crippen molar-refractivity contribution in [1.29, 1.82) is 0 Å². The summed E-state index contributed by atoms with van der Waals surface area (Å²) in [6, 6.07) is 0. The third-order valence-corrected chi connectivity index (χ3v) is 4.74. The van der Waals surface area contributed by atoms with Crippen LogP contribution in [0.25, 0.3) is 0 Å². The molecule has 0 radical (unpaired) electrons. The van der Waals surface area contributed by atoms with Crippen LogP contribution in [-0.2, 0) is 9.53 Å². The minimum absolute atomic E-state index is 0.297. The first-order valence-electron chi connectivity index (χ1n) is 7.50. The first kappa shape index (κ1) is 13.3. The minimum atomic E-state index is -0.745. The molecule has 3 atom stereocenters. The number of aliphatic carboxylic acids is 1. The number of carbonyl (C=O) groups is 1. The third kappa shape index (κ3) is 2.51. The molecule has 5 nitrogen and oxygen atoms in total. The lowest BCUT2D eigenvalue weighted by Gasteiger charge is -2.39. The van der Waals surface area contributed by atoms with Crippen LogP contribution in [-0.4, -0.2) is 59.9 Å². The Labute approximate surface area is 114 Å². The highest BCUT2D eigenvalue weighted by Crippen LogP contribution is 2.41. The predicted octanol–water partition coefficient (Wildman–Crippen LogP) is 0.693. The molecule has 3 rings (SSSR count). The van der Waals surface area contributed by atoms with Gasteiger partial charge in [0.05, 0.1) is 12.2 Å². The molecule has 2 N–H and O–H groups in total. The lowest BCUT2D eigenvalue weighted by atomic mass is 9.91. The maximum Gasteiger partial charge on any atom is 0.325 e. The van der Waals surface area contributed by atoms with Crippen molar-refractivity contribution in [3.05, 3.63) is 0 Å². The molecular weight excluding hydrogens is 244 g/mol. The van der Waals surface area contributed by atoms with E-state index in [2.05, 4.69) is 10.2 Å². The molecule has 2 saturated heterocycles. The molecule has 0 spiro atoms. The van der Waals surface area contributed by atoms with Crippen LogP contribution < -0.4 is 5.32 Å². The Kier molecular flexibility index (Phi) is 3.53. The summed E-state index contributed by atoms with van der Waals surface area (Å²) in [5.74, 6) is -0.388. The van der Waals surface area contributed by atoms with E-state index in [1.54, 1.807) is 0 Å². The van der Waals surface area contributed by atoms with Crippen LogP contribution in [0, 0.1) is 5.92 Å². The van der Waals surface area contributed by atoms with Gasteiger partial charge < -0.3 is 15.2 Å². The van der Waals surface area contributed by atoms with Crippen molar-refractivity contribution in [3.8, 4) is 0 Å². The third-order valence-electron chi connectivity index (χ3n) is 4.74. The van der Waals surface area contributed by atoms with Gasteiger partial charge in [-0.25, -0.2) is 0 Å². The summed E-state index contributed by atoms with van der Waals surface area (Å²) in [5, 5.41) is 13.0. The lowest BCUT2D eigenvalue weighted by Crippen LogP contribution is -2.62. The number of likely N-dealkylation sites (N-methyl/N-ethyl adjacent to an activating group) is 1. The molecule has 108 valence electrons. The SMILES string of the molecule is CCNC(CN1CC2CCC(C1)O2)(C(=O)O)C1CC1. The molecule has 3 fully saturated rings. The smallest absolute Gasteiger partial charge is 0.325 e. The van der Waals surface area contributed by atoms with Gasteiger partial charge in [0.2, 0.25) is 0 Å². The standard InChI is InChI=1S/C14H24N2O3/c1-2-15-14(13(17)18,10-3-4-10)9-16-7-11-5-6-12(8-16)19-11/h10-12,15H,2-9H2,1H3,(H,17,18). The molecule has 0 amide bonds. The maximum absolute atomic E-state index is 11.8. The van der Waals surface area contributed by atoms with E-state index in [-0.39, 0.29) is 0 Å². The number of ether oxygens (including phenoxy) is 1. The Morgan fingerprint density at radius 1 is 1.32 bits per heavy atom. The fourth-order valence-electron chi connectivity index (χ4n) is 3.72. The van der Waals surface area contributed by atoms with Crippen LogP contribution in [0.1, 0.15) is 32.6 Å². The fraction of sp³-hybridized carbons (Fsp3) is 0.929. The average molecular weight is 268 g/mol. The van der Waals surface area contributed by atoms with Gasteiger partial charge in [-0.15, -0.1) is 0 Å². The molecule has 0 aromatic carbocycles. The van der Waals surface area contributed by atoms with Crippen LogP contribution in [0.3, 0.4) is 0 Å². The summed E-state index contributed by atoms with van der Waals surface area (Å²) in [5.41, 5.74) is -0.745. The summed E-state index contributed by atoms with van der Waals surface area (Å²) in [6.45, 7) is 5.10. The highest BCUT2D eigenvalue weighted by molar-refractivity contribution is 5.80. The first-order valence-corrected chi connectivity index (χ1v) is 7.50. The Balaban J connectivity index is 1.71. The first-order chi connectivity index (χ1) is 9.14.